The molecule has 0 aromatic heterocycles. The highest BCUT2D eigenvalue weighted by molar-refractivity contribution is 6.40. The topological polar surface area (TPSA) is 69.0 Å². The smallest absolute Gasteiger partial charge is 0.173 e. The maximum Gasteiger partial charge on any atom is 0.173 e. The van der Waals surface area contributed by atoms with Gasteiger partial charge in [0.05, 0.1) is 11.4 Å². The first-order valence-corrected chi connectivity index (χ1v) is 6.19. The van der Waals surface area contributed by atoms with Crippen LogP contribution < -0.4 is 10.9 Å². The largest absolute Gasteiger partial charge is 0.290 e. The van der Waals surface area contributed by atoms with E-state index in [9.17, 15) is 0 Å². The highest BCUT2D eigenvalue weighted by Gasteiger charge is 2.02. The van der Waals surface area contributed by atoms with E-state index >= 15 is 0 Å². The number of hydrogen-bond acceptors (Lipinski definition) is 4. The molecule has 0 fully saturated rings. The lowest BCUT2D eigenvalue weighted by atomic mass is 10.3. The molecule has 5 nitrogen and oxygen atoms in total. The number of rotatable bonds is 4. The third-order valence-electron chi connectivity index (χ3n) is 2.57. The van der Waals surface area contributed by atoms with Gasteiger partial charge in [-0.3, -0.25) is 16.1 Å². The van der Waals surface area contributed by atoms with Crippen molar-refractivity contribution in [2.75, 3.05) is 5.43 Å². The molecule has 0 bridgehead atoms. The fourth-order valence-corrected chi connectivity index (χ4v) is 1.53. The quantitative estimate of drug-likeness (QED) is 0.453. The average Bonchev–Trinajstić information content (AvgIpc) is 2.52. The molecule has 2 aromatic rings. The van der Waals surface area contributed by atoms with Crippen LogP contribution in [-0.4, -0.2) is 16.8 Å². The summed E-state index contributed by atoms with van der Waals surface area (Å²) < 4.78 is 0. The van der Waals surface area contributed by atoms with E-state index in [1.165, 1.54) is 0 Å². The number of benzene rings is 2. The van der Waals surface area contributed by atoms with Crippen molar-refractivity contribution in [1.82, 2.24) is 5.48 Å². The van der Waals surface area contributed by atoms with E-state index in [0.717, 1.165) is 11.4 Å². The Balaban J connectivity index is 2.13. The summed E-state index contributed by atoms with van der Waals surface area (Å²) in [4.78, 5) is 4.27. The van der Waals surface area contributed by atoms with Gasteiger partial charge in [0.2, 0.25) is 0 Å². The second-order valence-corrected chi connectivity index (χ2v) is 4.08. The Bertz CT molecular complexity index is 594. The molecule has 2 rings (SSSR count). The van der Waals surface area contributed by atoms with Gasteiger partial charge in [-0.2, -0.15) is 5.10 Å². The number of aliphatic imine (C=N–C) groups is 1. The number of hydrogen-bond donors (Lipinski definition) is 3. The fraction of sp³-hybridized carbons (Fsp3) is 0.0667. The molecule has 0 heterocycles. The third-order valence-corrected chi connectivity index (χ3v) is 2.57. The molecule has 20 heavy (non-hydrogen) atoms. The molecule has 2 aromatic carbocycles. The number of nitrogens with one attached hydrogen (secondary N) is 2. The predicted octanol–water partition coefficient (Wildman–Crippen LogP) is 3.18. The summed E-state index contributed by atoms with van der Waals surface area (Å²) in [6.45, 7) is 1.75. The van der Waals surface area contributed by atoms with Crippen molar-refractivity contribution in [3.05, 3.63) is 60.7 Å². The molecule has 5 heteroatoms. The van der Waals surface area contributed by atoms with Gasteiger partial charge in [0.25, 0.3) is 0 Å². The van der Waals surface area contributed by atoms with E-state index in [2.05, 4.69) is 21.0 Å². The van der Waals surface area contributed by atoms with Gasteiger partial charge in [-0.05, 0) is 31.2 Å². The average molecular weight is 268 g/mol. The van der Waals surface area contributed by atoms with E-state index in [-0.39, 0.29) is 0 Å². The zero-order chi connectivity index (χ0) is 14.2. The monoisotopic (exact) mass is 268 g/mol. The first-order chi connectivity index (χ1) is 9.79. The van der Waals surface area contributed by atoms with Crippen LogP contribution in [0.5, 0.6) is 0 Å². The second-order valence-electron chi connectivity index (χ2n) is 4.08. The Labute approximate surface area is 117 Å². The molecular formula is C15H16N4O. The van der Waals surface area contributed by atoms with Gasteiger partial charge in [-0.15, -0.1) is 0 Å². The summed E-state index contributed by atoms with van der Waals surface area (Å²) in [5.41, 5.74) is 7.11. The van der Waals surface area contributed by atoms with Gasteiger partial charge in [0, 0.05) is 0 Å². The van der Waals surface area contributed by atoms with Gasteiger partial charge < -0.3 is 0 Å². The van der Waals surface area contributed by atoms with Crippen LogP contribution >= 0.6 is 0 Å². The molecule has 0 amide bonds. The minimum Gasteiger partial charge on any atom is -0.290 e. The Kier molecular flexibility index (Phi) is 4.86. The van der Waals surface area contributed by atoms with E-state index in [1.54, 1.807) is 6.92 Å². The van der Waals surface area contributed by atoms with Gasteiger partial charge in [0.15, 0.2) is 5.84 Å². The molecule has 0 aliphatic carbocycles. The molecular weight excluding hydrogens is 252 g/mol. The molecule has 0 unspecified atom stereocenters. The Morgan fingerprint density at radius 1 is 0.950 bits per heavy atom. The van der Waals surface area contributed by atoms with Crippen LogP contribution in [0.15, 0.2) is 70.8 Å². The number of nitrogens with zero attached hydrogens (tertiary/aromatic N) is 2. The number of amidine groups is 1. The highest BCUT2D eigenvalue weighted by Crippen LogP contribution is 2.10. The van der Waals surface area contributed by atoms with E-state index < -0.39 is 0 Å². The van der Waals surface area contributed by atoms with Gasteiger partial charge in [0.1, 0.15) is 5.71 Å². The fourth-order valence-electron chi connectivity index (χ4n) is 1.53. The lowest BCUT2D eigenvalue weighted by Crippen LogP contribution is -2.27. The van der Waals surface area contributed by atoms with Crippen molar-refractivity contribution in [1.29, 1.82) is 0 Å². The maximum absolute atomic E-state index is 9.17. The van der Waals surface area contributed by atoms with Crippen molar-refractivity contribution >= 4 is 22.9 Å². The predicted molar refractivity (Wildman–Crippen MR) is 81.6 cm³/mol. The number of anilines is 1. The zero-order valence-corrected chi connectivity index (χ0v) is 11.1. The molecule has 3 N–H and O–H groups in total. The molecule has 102 valence electrons. The number of hydroxylamine groups is 1. The summed E-state index contributed by atoms with van der Waals surface area (Å²) in [6, 6.07) is 18.9. The SMILES string of the molecule is C/C(=N\Nc1ccccc1)C(=Nc1ccccc1)NO. The van der Waals surface area contributed by atoms with Gasteiger partial charge in [-0.25, -0.2) is 4.99 Å². The third kappa shape index (κ3) is 3.93. The van der Waals surface area contributed by atoms with Gasteiger partial charge in [-0.1, -0.05) is 36.4 Å². The van der Waals surface area contributed by atoms with Gasteiger partial charge >= 0.3 is 0 Å². The summed E-state index contributed by atoms with van der Waals surface area (Å²) in [5, 5.41) is 13.3. The van der Waals surface area contributed by atoms with E-state index in [4.69, 9.17) is 5.21 Å². The molecule has 0 saturated carbocycles. The number of hydrazone groups is 1. The Morgan fingerprint density at radius 3 is 2.15 bits per heavy atom. The van der Waals surface area contributed by atoms with E-state index in [0.29, 0.717) is 11.5 Å². The first kappa shape index (κ1) is 13.8. The van der Waals surface area contributed by atoms with Crippen LogP contribution in [0.3, 0.4) is 0 Å². The second kappa shape index (κ2) is 7.06. The summed E-state index contributed by atoms with van der Waals surface area (Å²) in [5.74, 6) is 0.291. The standard InChI is InChI=1S/C15H16N4O/c1-12(17-18-14-10-6-3-7-11-14)15(19-20)16-13-8-4-2-5-9-13/h2-11,18,20H,1H3,(H,16,19)/b17-12+. The van der Waals surface area contributed by atoms with Crippen LogP contribution in [0.2, 0.25) is 0 Å². The lowest BCUT2D eigenvalue weighted by Gasteiger charge is -2.05. The normalized spacial score (nSPS) is 12.1. The van der Waals surface area contributed by atoms with Crippen molar-refractivity contribution < 1.29 is 5.21 Å². The zero-order valence-electron chi connectivity index (χ0n) is 11.1. The molecule has 0 aliphatic rings. The minimum absolute atomic E-state index is 0.291. The molecule has 0 atom stereocenters. The van der Waals surface area contributed by atoms with Crippen LogP contribution in [0, 0.1) is 0 Å². The molecule has 0 spiro atoms. The molecule has 0 saturated heterocycles. The Morgan fingerprint density at radius 2 is 1.55 bits per heavy atom. The highest BCUT2D eigenvalue weighted by atomic mass is 16.5. The summed E-state index contributed by atoms with van der Waals surface area (Å²) in [6.07, 6.45) is 0. The van der Waals surface area contributed by atoms with Crippen molar-refractivity contribution in [2.45, 2.75) is 6.92 Å². The van der Waals surface area contributed by atoms with Crippen LogP contribution in [0.1, 0.15) is 6.92 Å². The van der Waals surface area contributed by atoms with Crippen molar-refractivity contribution in [2.24, 2.45) is 10.1 Å². The molecule has 0 aliphatic heterocycles. The first-order valence-electron chi connectivity index (χ1n) is 6.19. The van der Waals surface area contributed by atoms with Crippen molar-refractivity contribution in [3.63, 3.8) is 0 Å². The number of para-hydroxylation sites is 2. The van der Waals surface area contributed by atoms with Crippen molar-refractivity contribution in [3.8, 4) is 0 Å². The minimum atomic E-state index is 0.291. The Hall–Kier alpha value is -2.66. The lowest BCUT2D eigenvalue weighted by molar-refractivity contribution is 0.236. The summed E-state index contributed by atoms with van der Waals surface area (Å²) >= 11 is 0. The maximum atomic E-state index is 9.17. The van der Waals surface area contributed by atoms with Crippen LogP contribution in [-0.2, 0) is 0 Å². The van der Waals surface area contributed by atoms with Crippen LogP contribution in [0.4, 0.5) is 11.4 Å². The van der Waals surface area contributed by atoms with E-state index in [1.807, 2.05) is 60.7 Å². The van der Waals surface area contributed by atoms with Crippen LogP contribution in [0.25, 0.3) is 0 Å². The molecule has 0 radical (unpaired) electrons. The summed E-state index contributed by atoms with van der Waals surface area (Å²) in [7, 11) is 0.